The second-order valence-corrected chi connectivity index (χ2v) is 9.09. The molecule has 0 spiro atoms. The van der Waals surface area contributed by atoms with Gasteiger partial charge in [0.15, 0.2) is 5.58 Å². The highest BCUT2D eigenvalue weighted by Gasteiger charge is 2.30. The molecule has 1 aliphatic heterocycles. The molecule has 0 unspecified atom stereocenters. The van der Waals surface area contributed by atoms with Gasteiger partial charge < -0.3 is 14.2 Å². The number of para-hydroxylation sites is 3. The van der Waals surface area contributed by atoms with E-state index in [9.17, 15) is 0 Å². The molecule has 158 valence electrons. The van der Waals surface area contributed by atoms with Crippen LogP contribution in [0.4, 0.5) is 11.4 Å². The standard InChI is InChI=1S/C28H30N2O/c1-18(2)21-11-8-12-22(19(3)4)27(21)30-17-16-29(20(30)5)25-14-9-13-24-23-10-6-7-15-26(23)31-28(24)25/h6-20H,1-5H3/t20-/m1/s1. The van der Waals surface area contributed by atoms with Gasteiger partial charge in [-0.15, -0.1) is 0 Å². The van der Waals surface area contributed by atoms with Gasteiger partial charge in [0, 0.05) is 28.9 Å². The van der Waals surface area contributed by atoms with Crippen molar-refractivity contribution in [3.8, 4) is 0 Å². The molecular formula is C28H30N2O. The molecule has 1 atom stereocenters. The fourth-order valence-electron chi connectivity index (χ4n) is 4.82. The molecule has 4 aromatic rings. The summed E-state index contributed by atoms with van der Waals surface area (Å²) in [6, 6.07) is 21.5. The van der Waals surface area contributed by atoms with Gasteiger partial charge in [-0.25, -0.2) is 0 Å². The van der Waals surface area contributed by atoms with E-state index in [4.69, 9.17) is 4.42 Å². The quantitative estimate of drug-likeness (QED) is 0.340. The highest BCUT2D eigenvalue weighted by molar-refractivity contribution is 6.09. The third-order valence-corrected chi connectivity index (χ3v) is 6.46. The lowest BCUT2D eigenvalue weighted by Crippen LogP contribution is -2.37. The van der Waals surface area contributed by atoms with Crippen LogP contribution in [0.3, 0.4) is 0 Å². The van der Waals surface area contributed by atoms with Crippen LogP contribution in [0.2, 0.25) is 0 Å². The molecule has 3 aromatic carbocycles. The predicted molar refractivity (Wildman–Crippen MR) is 132 cm³/mol. The Morgan fingerprint density at radius 3 is 2.03 bits per heavy atom. The maximum atomic E-state index is 6.32. The van der Waals surface area contributed by atoms with Crippen molar-refractivity contribution in [3.05, 3.63) is 84.2 Å². The Morgan fingerprint density at radius 1 is 0.710 bits per heavy atom. The number of nitrogens with zero attached hydrogens (tertiary/aromatic N) is 2. The molecule has 0 aliphatic carbocycles. The average molecular weight is 411 g/mol. The van der Waals surface area contributed by atoms with Crippen molar-refractivity contribution in [3.63, 3.8) is 0 Å². The highest BCUT2D eigenvalue weighted by atomic mass is 16.3. The van der Waals surface area contributed by atoms with Crippen molar-refractivity contribution in [2.45, 2.75) is 52.6 Å². The summed E-state index contributed by atoms with van der Waals surface area (Å²) in [5, 5.41) is 2.33. The van der Waals surface area contributed by atoms with Crippen LogP contribution < -0.4 is 9.80 Å². The molecule has 3 heteroatoms. The zero-order valence-corrected chi connectivity index (χ0v) is 19.0. The van der Waals surface area contributed by atoms with Gasteiger partial charge >= 0.3 is 0 Å². The largest absolute Gasteiger partial charge is 0.454 e. The van der Waals surface area contributed by atoms with E-state index < -0.39 is 0 Å². The molecule has 0 N–H and O–H groups in total. The van der Waals surface area contributed by atoms with E-state index in [2.05, 4.69) is 105 Å². The summed E-state index contributed by atoms with van der Waals surface area (Å²) < 4.78 is 6.32. The molecule has 0 fully saturated rings. The first-order valence-corrected chi connectivity index (χ1v) is 11.3. The Morgan fingerprint density at radius 2 is 1.32 bits per heavy atom. The van der Waals surface area contributed by atoms with Crippen LogP contribution in [-0.2, 0) is 0 Å². The van der Waals surface area contributed by atoms with Crippen molar-refractivity contribution < 1.29 is 4.42 Å². The van der Waals surface area contributed by atoms with E-state index in [0.717, 1.165) is 22.2 Å². The van der Waals surface area contributed by atoms with Gasteiger partial charge in [0.05, 0.1) is 5.69 Å². The first-order valence-electron chi connectivity index (χ1n) is 11.3. The number of benzene rings is 3. The molecule has 0 saturated heterocycles. The summed E-state index contributed by atoms with van der Waals surface area (Å²) in [5.74, 6) is 0.921. The lowest BCUT2D eigenvalue weighted by atomic mass is 9.92. The van der Waals surface area contributed by atoms with E-state index in [1.807, 2.05) is 12.1 Å². The predicted octanol–water partition coefficient (Wildman–Crippen LogP) is 7.98. The van der Waals surface area contributed by atoms with Crippen molar-refractivity contribution >= 4 is 33.3 Å². The highest BCUT2D eigenvalue weighted by Crippen LogP contribution is 2.42. The minimum Gasteiger partial charge on any atom is -0.454 e. The van der Waals surface area contributed by atoms with E-state index in [-0.39, 0.29) is 6.17 Å². The Hall–Kier alpha value is -3.20. The van der Waals surface area contributed by atoms with Crippen LogP contribution in [0.15, 0.2) is 77.5 Å². The smallest absolute Gasteiger partial charge is 0.159 e. The lowest BCUT2D eigenvalue weighted by molar-refractivity contribution is 0.662. The number of rotatable bonds is 4. The SMILES string of the molecule is CC(C)c1cccc(C(C)C)c1N1C=CN(c2cccc3c2oc2ccccc23)[C@H]1C. The summed E-state index contributed by atoms with van der Waals surface area (Å²) in [7, 11) is 0. The van der Waals surface area contributed by atoms with E-state index >= 15 is 0 Å². The lowest BCUT2D eigenvalue weighted by Gasteiger charge is -2.34. The van der Waals surface area contributed by atoms with Crippen molar-refractivity contribution in [2.75, 3.05) is 9.80 Å². The van der Waals surface area contributed by atoms with E-state index in [1.54, 1.807) is 0 Å². The van der Waals surface area contributed by atoms with E-state index in [1.165, 1.54) is 22.2 Å². The third-order valence-electron chi connectivity index (χ3n) is 6.46. The van der Waals surface area contributed by atoms with Crippen molar-refractivity contribution in [1.29, 1.82) is 0 Å². The zero-order valence-electron chi connectivity index (χ0n) is 19.0. The average Bonchev–Trinajstić information content (AvgIpc) is 3.33. The van der Waals surface area contributed by atoms with Gasteiger partial charge in [0.1, 0.15) is 11.7 Å². The van der Waals surface area contributed by atoms with Gasteiger partial charge in [0.2, 0.25) is 0 Å². The first kappa shape index (κ1) is 19.7. The van der Waals surface area contributed by atoms with Gasteiger partial charge in [-0.2, -0.15) is 0 Å². The van der Waals surface area contributed by atoms with Crippen molar-refractivity contribution in [2.24, 2.45) is 0 Å². The topological polar surface area (TPSA) is 19.6 Å². The molecule has 0 amide bonds. The Bertz CT molecular complexity index is 1250. The normalized spacial score (nSPS) is 16.5. The number of anilines is 2. The van der Waals surface area contributed by atoms with Crippen LogP contribution in [0.25, 0.3) is 21.9 Å². The molecule has 1 aliphatic rings. The summed E-state index contributed by atoms with van der Waals surface area (Å²) >= 11 is 0. The van der Waals surface area contributed by atoms with Gasteiger partial charge in [0.25, 0.3) is 0 Å². The summed E-state index contributed by atoms with van der Waals surface area (Å²) in [5.41, 5.74) is 7.12. The van der Waals surface area contributed by atoms with Crippen LogP contribution in [0.1, 0.15) is 57.6 Å². The fourth-order valence-corrected chi connectivity index (χ4v) is 4.82. The number of hydrogen-bond acceptors (Lipinski definition) is 3. The molecule has 0 radical (unpaired) electrons. The minimum atomic E-state index is 0.149. The second-order valence-electron chi connectivity index (χ2n) is 9.09. The molecule has 31 heavy (non-hydrogen) atoms. The summed E-state index contributed by atoms with van der Waals surface area (Å²) in [4.78, 5) is 4.75. The number of furan rings is 1. The molecular weight excluding hydrogens is 380 g/mol. The molecule has 2 heterocycles. The maximum Gasteiger partial charge on any atom is 0.159 e. The van der Waals surface area contributed by atoms with E-state index in [0.29, 0.717) is 11.8 Å². The third kappa shape index (κ3) is 3.11. The number of hydrogen-bond donors (Lipinski definition) is 0. The summed E-state index contributed by atoms with van der Waals surface area (Å²) in [6.07, 6.45) is 4.56. The Balaban J connectivity index is 1.61. The van der Waals surface area contributed by atoms with Gasteiger partial charge in [-0.3, -0.25) is 0 Å². The van der Waals surface area contributed by atoms with Gasteiger partial charge in [-0.1, -0.05) is 76.2 Å². The monoisotopic (exact) mass is 410 g/mol. The number of fused-ring (bicyclic) bond motifs is 3. The Labute approximate surface area is 184 Å². The molecule has 3 nitrogen and oxygen atoms in total. The first-order chi connectivity index (χ1) is 15.0. The molecule has 1 aromatic heterocycles. The minimum absolute atomic E-state index is 0.149. The molecule has 5 rings (SSSR count). The van der Waals surface area contributed by atoms with Crippen LogP contribution in [0.5, 0.6) is 0 Å². The van der Waals surface area contributed by atoms with Crippen molar-refractivity contribution in [1.82, 2.24) is 0 Å². The summed E-state index contributed by atoms with van der Waals surface area (Å²) in [6.45, 7) is 11.4. The van der Waals surface area contributed by atoms with Gasteiger partial charge in [-0.05, 0) is 42.0 Å². The maximum absolute atomic E-state index is 6.32. The Kier molecular flexibility index (Phi) is 4.77. The molecule has 0 bridgehead atoms. The zero-order chi connectivity index (χ0) is 21.7. The van der Waals surface area contributed by atoms with Crippen LogP contribution in [0, 0.1) is 0 Å². The van der Waals surface area contributed by atoms with Crippen LogP contribution >= 0.6 is 0 Å². The second kappa shape index (κ2) is 7.49. The fraction of sp³-hybridized carbons (Fsp3) is 0.286. The molecule has 0 saturated carbocycles. The van der Waals surface area contributed by atoms with Crippen LogP contribution in [-0.4, -0.2) is 6.17 Å².